The van der Waals surface area contributed by atoms with Crippen LogP contribution in [0.1, 0.15) is 29.0 Å². The smallest absolute Gasteiger partial charge is 0.0399 e. The molecule has 0 aromatic heterocycles. The van der Waals surface area contributed by atoms with Crippen LogP contribution < -0.4 is 4.90 Å². The molecule has 2 aromatic carbocycles. The van der Waals surface area contributed by atoms with E-state index in [9.17, 15) is 0 Å². The molecule has 2 aromatic rings. The fourth-order valence-corrected chi connectivity index (χ4v) is 4.88. The molecular formula is C19H21NS. The molecular weight excluding hydrogens is 274 g/mol. The predicted octanol–water partition coefficient (Wildman–Crippen LogP) is 4.64. The average Bonchev–Trinajstić information content (AvgIpc) is 2.91. The van der Waals surface area contributed by atoms with Crippen molar-refractivity contribution in [1.29, 1.82) is 0 Å². The molecule has 0 radical (unpaired) electrons. The maximum absolute atomic E-state index is 2.62. The molecule has 2 heteroatoms. The summed E-state index contributed by atoms with van der Waals surface area (Å²) in [4.78, 5) is 4.11. The Morgan fingerprint density at radius 3 is 3.05 bits per heavy atom. The molecule has 4 rings (SSSR count). The third-order valence-electron chi connectivity index (χ3n) is 4.69. The second kappa shape index (κ2) is 5.42. The van der Waals surface area contributed by atoms with Crippen LogP contribution in [0.15, 0.2) is 47.4 Å². The van der Waals surface area contributed by atoms with E-state index in [0.717, 1.165) is 0 Å². The first-order valence-corrected chi connectivity index (χ1v) is 8.86. The SMILES string of the molecule is Cc1ccc2c(c1)CCCN2CC1CSc2ccccc21. The monoisotopic (exact) mass is 295 g/mol. The maximum Gasteiger partial charge on any atom is 0.0399 e. The number of anilines is 1. The van der Waals surface area contributed by atoms with Crippen LogP contribution in [0.2, 0.25) is 0 Å². The second-order valence-electron chi connectivity index (χ2n) is 6.23. The van der Waals surface area contributed by atoms with Crippen LogP contribution in [0.5, 0.6) is 0 Å². The van der Waals surface area contributed by atoms with Crippen molar-refractivity contribution in [2.24, 2.45) is 0 Å². The molecule has 2 aliphatic rings. The van der Waals surface area contributed by atoms with E-state index >= 15 is 0 Å². The van der Waals surface area contributed by atoms with Gasteiger partial charge in [-0.3, -0.25) is 0 Å². The molecule has 0 N–H and O–H groups in total. The minimum atomic E-state index is 0.679. The van der Waals surface area contributed by atoms with Crippen LogP contribution in [-0.2, 0) is 6.42 Å². The van der Waals surface area contributed by atoms with E-state index in [0.29, 0.717) is 5.92 Å². The lowest BCUT2D eigenvalue weighted by molar-refractivity contribution is 0.644. The zero-order chi connectivity index (χ0) is 14.2. The molecule has 0 aliphatic carbocycles. The summed E-state index contributed by atoms with van der Waals surface area (Å²) >= 11 is 2.02. The number of thioether (sulfide) groups is 1. The molecule has 0 fully saturated rings. The summed E-state index contributed by atoms with van der Waals surface area (Å²) in [5.74, 6) is 1.91. The summed E-state index contributed by atoms with van der Waals surface area (Å²) in [6.07, 6.45) is 2.53. The molecule has 0 saturated carbocycles. The van der Waals surface area contributed by atoms with Crippen LogP contribution >= 0.6 is 11.8 Å². The highest BCUT2D eigenvalue weighted by Crippen LogP contribution is 2.41. The first kappa shape index (κ1) is 13.3. The van der Waals surface area contributed by atoms with Crippen LogP contribution in [0.3, 0.4) is 0 Å². The summed E-state index contributed by atoms with van der Waals surface area (Å²) in [7, 11) is 0. The maximum atomic E-state index is 2.62. The van der Waals surface area contributed by atoms with Gasteiger partial charge in [-0.1, -0.05) is 35.9 Å². The molecule has 108 valence electrons. The molecule has 1 nitrogen and oxygen atoms in total. The van der Waals surface area contributed by atoms with E-state index in [1.54, 1.807) is 11.1 Å². The number of fused-ring (bicyclic) bond motifs is 2. The third kappa shape index (κ3) is 2.46. The molecule has 1 atom stereocenters. The van der Waals surface area contributed by atoms with Gasteiger partial charge in [0.15, 0.2) is 0 Å². The van der Waals surface area contributed by atoms with Gasteiger partial charge in [-0.05, 0) is 43.0 Å². The van der Waals surface area contributed by atoms with Crippen molar-refractivity contribution in [3.8, 4) is 0 Å². The van der Waals surface area contributed by atoms with Crippen molar-refractivity contribution in [3.63, 3.8) is 0 Å². The van der Waals surface area contributed by atoms with Gasteiger partial charge in [0, 0.05) is 35.3 Å². The molecule has 0 saturated heterocycles. The fourth-order valence-electron chi connectivity index (χ4n) is 3.64. The Balaban J connectivity index is 1.60. The molecule has 2 aliphatic heterocycles. The van der Waals surface area contributed by atoms with E-state index in [4.69, 9.17) is 0 Å². The van der Waals surface area contributed by atoms with Gasteiger partial charge in [0.1, 0.15) is 0 Å². The van der Waals surface area contributed by atoms with Gasteiger partial charge in [-0.15, -0.1) is 11.8 Å². The lowest BCUT2D eigenvalue weighted by atomic mass is 9.96. The zero-order valence-corrected chi connectivity index (χ0v) is 13.3. The zero-order valence-electron chi connectivity index (χ0n) is 12.5. The van der Waals surface area contributed by atoms with Crippen LogP contribution in [0.4, 0.5) is 5.69 Å². The Labute approximate surface area is 131 Å². The molecule has 0 amide bonds. The van der Waals surface area contributed by atoms with Crippen molar-refractivity contribution in [3.05, 3.63) is 59.2 Å². The van der Waals surface area contributed by atoms with Gasteiger partial charge in [-0.25, -0.2) is 0 Å². The Morgan fingerprint density at radius 2 is 2.10 bits per heavy atom. The summed E-state index contributed by atoms with van der Waals surface area (Å²) < 4.78 is 0. The number of benzene rings is 2. The molecule has 21 heavy (non-hydrogen) atoms. The van der Waals surface area contributed by atoms with Crippen LogP contribution in [-0.4, -0.2) is 18.8 Å². The number of nitrogens with zero attached hydrogens (tertiary/aromatic N) is 1. The fraction of sp³-hybridized carbons (Fsp3) is 0.368. The first-order chi connectivity index (χ1) is 10.3. The van der Waals surface area contributed by atoms with Crippen LogP contribution in [0, 0.1) is 6.92 Å². The minimum Gasteiger partial charge on any atom is -0.371 e. The summed E-state index contributed by atoms with van der Waals surface area (Å²) in [5, 5.41) is 0. The van der Waals surface area contributed by atoms with Crippen molar-refractivity contribution in [2.45, 2.75) is 30.6 Å². The Morgan fingerprint density at radius 1 is 1.19 bits per heavy atom. The average molecular weight is 295 g/mol. The van der Waals surface area contributed by atoms with Gasteiger partial charge in [0.2, 0.25) is 0 Å². The summed E-state index contributed by atoms with van der Waals surface area (Å²) in [6, 6.07) is 15.9. The van der Waals surface area contributed by atoms with Crippen molar-refractivity contribution in [2.75, 3.05) is 23.7 Å². The normalized spacial score (nSPS) is 20.2. The van der Waals surface area contributed by atoms with E-state index in [-0.39, 0.29) is 0 Å². The Kier molecular flexibility index (Phi) is 3.42. The Bertz CT molecular complexity index is 664. The largest absolute Gasteiger partial charge is 0.371 e. The van der Waals surface area contributed by atoms with E-state index in [1.165, 1.54) is 47.8 Å². The molecule has 1 unspecified atom stereocenters. The highest BCUT2D eigenvalue weighted by Gasteiger charge is 2.26. The van der Waals surface area contributed by atoms with E-state index in [1.807, 2.05) is 11.8 Å². The standard InChI is InChI=1S/C19H21NS/c1-14-8-9-18-15(11-14)5-4-10-20(18)12-16-13-21-19-7-3-2-6-17(16)19/h2-3,6-9,11,16H,4-5,10,12-13H2,1H3. The number of hydrogen-bond acceptors (Lipinski definition) is 2. The predicted molar refractivity (Wildman–Crippen MR) is 91.6 cm³/mol. The topological polar surface area (TPSA) is 3.24 Å². The van der Waals surface area contributed by atoms with Gasteiger partial charge >= 0.3 is 0 Å². The summed E-state index contributed by atoms with van der Waals surface area (Å²) in [5.41, 5.74) is 5.96. The van der Waals surface area contributed by atoms with E-state index in [2.05, 4.69) is 54.3 Å². The van der Waals surface area contributed by atoms with Crippen LogP contribution in [0.25, 0.3) is 0 Å². The number of hydrogen-bond donors (Lipinski definition) is 0. The lowest BCUT2D eigenvalue weighted by Crippen LogP contribution is -2.33. The summed E-state index contributed by atoms with van der Waals surface area (Å²) in [6.45, 7) is 4.57. The minimum absolute atomic E-state index is 0.679. The molecule has 0 bridgehead atoms. The molecule has 0 spiro atoms. The van der Waals surface area contributed by atoms with Crippen molar-refractivity contribution < 1.29 is 0 Å². The Hall–Kier alpha value is -1.41. The highest BCUT2D eigenvalue weighted by molar-refractivity contribution is 7.99. The van der Waals surface area contributed by atoms with Gasteiger partial charge in [-0.2, -0.15) is 0 Å². The quantitative estimate of drug-likeness (QED) is 0.794. The van der Waals surface area contributed by atoms with Crippen molar-refractivity contribution in [1.82, 2.24) is 0 Å². The number of rotatable bonds is 2. The second-order valence-corrected chi connectivity index (χ2v) is 7.29. The van der Waals surface area contributed by atoms with Gasteiger partial charge in [0.25, 0.3) is 0 Å². The third-order valence-corrected chi connectivity index (χ3v) is 5.94. The van der Waals surface area contributed by atoms with Gasteiger partial charge < -0.3 is 4.90 Å². The highest BCUT2D eigenvalue weighted by atomic mass is 32.2. The van der Waals surface area contributed by atoms with Gasteiger partial charge in [0.05, 0.1) is 0 Å². The first-order valence-electron chi connectivity index (χ1n) is 7.87. The lowest BCUT2D eigenvalue weighted by Gasteiger charge is -2.33. The van der Waals surface area contributed by atoms with Crippen molar-refractivity contribution >= 4 is 17.4 Å². The van der Waals surface area contributed by atoms with E-state index < -0.39 is 0 Å². The number of aryl methyl sites for hydroxylation is 2. The molecule has 2 heterocycles.